The summed E-state index contributed by atoms with van der Waals surface area (Å²) in [6, 6.07) is 17.0. The van der Waals surface area contributed by atoms with Crippen LogP contribution in [0, 0.1) is 0 Å². The summed E-state index contributed by atoms with van der Waals surface area (Å²) in [6.07, 6.45) is 0. The molecule has 0 aromatic heterocycles. The van der Waals surface area contributed by atoms with Crippen molar-refractivity contribution in [3.63, 3.8) is 0 Å². The van der Waals surface area contributed by atoms with Crippen molar-refractivity contribution in [1.29, 1.82) is 0 Å². The third-order valence-electron chi connectivity index (χ3n) is 5.70. The highest BCUT2D eigenvalue weighted by Gasteiger charge is 2.53. The molecule has 3 rings (SSSR count). The van der Waals surface area contributed by atoms with Crippen LogP contribution in [0.4, 0.5) is 13.2 Å². The molecule has 47 heavy (non-hydrogen) atoms. The van der Waals surface area contributed by atoms with Gasteiger partial charge in [-0.2, -0.15) is 25.2 Å². The highest BCUT2D eigenvalue weighted by molar-refractivity contribution is 8.33. The minimum absolute atomic E-state index is 0.0792. The predicted molar refractivity (Wildman–Crippen MR) is 179 cm³/mol. The van der Waals surface area contributed by atoms with Crippen molar-refractivity contribution in [2.75, 3.05) is 0 Å². The Morgan fingerprint density at radius 1 is 0.489 bits per heavy atom. The lowest BCUT2D eigenvalue weighted by molar-refractivity contribution is -0.0496. The minimum Gasteiger partial charge on any atom is -0.488 e. The van der Waals surface area contributed by atoms with Crippen molar-refractivity contribution in [3.8, 4) is 23.0 Å². The van der Waals surface area contributed by atoms with Crippen LogP contribution in [0.25, 0.3) is 0 Å². The quantitative estimate of drug-likeness (QED) is 0.206. The molecule has 0 atom stereocenters. The number of hydrogen-bond donors (Lipinski definition) is 0. The molecule has 0 aliphatic heterocycles. The maximum atomic E-state index is 14.2. The summed E-state index contributed by atoms with van der Waals surface area (Å²) in [5, 5.41) is 0. The lowest BCUT2D eigenvalue weighted by Crippen LogP contribution is -2.29. The summed E-state index contributed by atoms with van der Waals surface area (Å²) in [6.45, 7) is 22.0. The van der Waals surface area contributed by atoms with Gasteiger partial charge < -0.3 is 18.9 Å². The molecule has 12 heteroatoms. The van der Waals surface area contributed by atoms with Gasteiger partial charge >= 0.3 is 15.6 Å². The zero-order chi connectivity index (χ0) is 35.9. The van der Waals surface area contributed by atoms with Crippen LogP contribution < -0.4 is 18.9 Å². The summed E-state index contributed by atoms with van der Waals surface area (Å²) in [5.74, 6) is 1.33. The van der Waals surface area contributed by atoms with E-state index in [9.17, 15) is 21.6 Å². The average molecular weight is 701 g/mol. The second-order valence-corrected chi connectivity index (χ2v) is 19.3. The normalized spacial score (nSPS) is 14.0. The van der Waals surface area contributed by atoms with E-state index in [1.54, 1.807) is 57.2 Å². The second-order valence-electron chi connectivity index (χ2n) is 14.9. The first kappa shape index (κ1) is 38.4. The molecular formula is C35H47F3O7S2. The van der Waals surface area contributed by atoms with Gasteiger partial charge in [-0.25, -0.2) is 0 Å². The molecule has 0 unspecified atom stereocenters. The number of hydrogen-bond acceptors (Lipinski definition) is 7. The Bertz CT molecular complexity index is 1560. The van der Waals surface area contributed by atoms with Gasteiger partial charge in [0.1, 0.15) is 45.4 Å². The molecule has 0 fully saturated rings. The second kappa shape index (κ2) is 13.1. The number of halogens is 3. The number of benzene rings is 3. The van der Waals surface area contributed by atoms with E-state index in [1.165, 1.54) is 30.3 Å². The van der Waals surface area contributed by atoms with E-state index in [1.807, 2.05) is 62.3 Å². The van der Waals surface area contributed by atoms with Crippen molar-refractivity contribution in [3.05, 3.63) is 66.7 Å². The lowest BCUT2D eigenvalue weighted by atomic mass is 10.2. The molecule has 0 N–H and O–H groups in total. The Morgan fingerprint density at radius 2 is 0.830 bits per heavy atom. The third kappa shape index (κ3) is 10.4. The zero-order valence-electron chi connectivity index (χ0n) is 29.2. The van der Waals surface area contributed by atoms with Crippen molar-refractivity contribution in [2.24, 2.45) is 0 Å². The van der Waals surface area contributed by atoms with E-state index in [0.717, 1.165) is 0 Å². The fraction of sp³-hybridized carbons (Fsp3) is 0.486. The van der Waals surface area contributed by atoms with Crippen LogP contribution in [0.1, 0.15) is 83.1 Å². The molecule has 0 heterocycles. The molecule has 0 bridgehead atoms. The molecule has 0 saturated heterocycles. The van der Waals surface area contributed by atoms with E-state index < -0.39 is 48.3 Å². The van der Waals surface area contributed by atoms with Crippen LogP contribution in [0.15, 0.2) is 81.4 Å². The average Bonchev–Trinajstić information content (AvgIpc) is 2.84. The topological polar surface area (TPSA) is 80.3 Å². The Morgan fingerprint density at radius 3 is 1.17 bits per heavy atom. The summed E-state index contributed by atoms with van der Waals surface area (Å²) in [5.41, 5.74) is -8.33. The summed E-state index contributed by atoms with van der Waals surface area (Å²) < 4.78 is 98.8. The van der Waals surface area contributed by atoms with E-state index in [0.29, 0.717) is 17.2 Å². The van der Waals surface area contributed by atoms with Crippen LogP contribution in [0.3, 0.4) is 0 Å². The number of ether oxygens (including phenoxy) is 4. The Hall–Kier alpha value is -3.09. The van der Waals surface area contributed by atoms with Gasteiger partial charge in [-0.3, -0.25) is 0 Å². The van der Waals surface area contributed by atoms with Crippen molar-refractivity contribution >= 4 is 20.4 Å². The van der Waals surface area contributed by atoms with Gasteiger partial charge in [0.15, 0.2) is 0 Å². The number of rotatable bonds is 9. The number of alkyl halides is 3. The first-order valence-electron chi connectivity index (χ1n) is 15.1. The lowest BCUT2D eigenvalue weighted by Gasteiger charge is -2.41. The molecule has 0 aliphatic carbocycles. The molecular weight excluding hydrogens is 654 g/mol. The van der Waals surface area contributed by atoms with Crippen LogP contribution >= 0.6 is 10.3 Å². The minimum atomic E-state index is -6.19. The fourth-order valence-electron chi connectivity index (χ4n) is 4.34. The first-order valence-corrected chi connectivity index (χ1v) is 18.0. The molecule has 262 valence electrons. The maximum Gasteiger partial charge on any atom is 0.524 e. The Kier molecular flexibility index (Phi) is 10.7. The molecule has 0 spiro atoms. The highest BCUT2D eigenvalue weighted by atomic mass is 32.3. The molecule has 0 saturated carbocycles. The summed E-state index contributed by atoms with van der Waals surface area (Å²) in [7, 11) is -9.95. The standard InChI is InChI=1S/C35H47F3O7S2/c1-31(2,3)41-24-13-18-27(19-14-24)46(45-47(39,40)35(36,37)38,28-20-15-25(16-21-28)42-32(4,5)6)30-22-17-26(43-33(7,8)9)23-29(30)44-34(10,11)12/h13-23H,1-12H3. The maximum absolute atomic E-state index is 14.2. The Labute approximate surface area is 279 Å². The fourth-order valence-corrected chi connectivity index (χ4v) is 9.10. The molecule has 7 nitrogen and oxygen atoms in total. The molecule has 0 radical (unpaired) electrons. The summed E-state index contributed by atoms with van der Waals surface area (Å²) >= 11 is 0. The van der Waals surface area contributed by atoms with Crippen LogP contribution in [0.5, 0.6) is 23.0 Å². The van der Waals surface area contributed by atoms with Gasteiger partial charge in [0.25, 0.3) is 0 Å². The Balaban J connectivity index is 2.50. The van der Waals surface area contributed by atoms with Crippen molar-refractivity contribution < 1.29 is 44.2 Å². The largest absolute Gasteiger partial charge is 0.524 e. The van der Waals surface area contributed by atoms with Crippen LogP contribution in [0.2, 0.25) is 0 Å². The zero-order valence-corrected chi connectivity index (χ0v) is 30.8. The van der Waals surface area contributed by atoms with Crippen molar-refractivity contribution in [1.82, 2.24) is 0 Å². The van der Waals surface area contributed by atoms with Crippen molar-refractivity contribution in [2.45, 2.75) is 126 Å². The third-order valence-corrected chi connectivity index (χ3v) is 10.6. The molecule has 3 aromatic rings. The van der Waals surface area contributed by atoms with Gasteiger partial charge in [-0.1, -0.05) is 0 Å². The smallest absolute Gasteiger partial charge is 0.488 e. The van der Waals surface area contributed by atoms with E-state index in [-0.39, 0.29) is 20.4 Å². The molecule has 3 aromatic carbocycles. The van der Waals surface area contributed by atoms with Gasteiger partial charge in [0, 0.05) is 15.9 Å². The van der Waals surface area contributed by atoms with Gasteiger partial charge in [-0.05, 0) is 154 Å². The van der Waals surface area contributed by atoms with Crippen LogP contribution in [-0.4, -0.2) is 36.3 Å². The monoisotopic (exact) mass is 700 g/mol. The summed E-state index contributed by atoms with van der Waals surface area (Å²) in [4.78, 5) is 0.383. The van der Waals surface area contributed by atoms with E-state index >= 15 is 0 Å². The molecule has 0 aliphatic rings. The first-order chi connectivity index (χ1) is 21.1. The van der Waals surface area contributed by atoms with Gasteiger partial charge in [0.2, 0.25) is 0 Å². The van der Waals surface area contributed by atoms with E-state index in [2.05, 4.69) is 0 Å². The SMILES string of the molecule is CC(C)(C)Oc1ccc(S(OS(=O)(=O)C(F)(F)F)(c2ccc(OC(C)(C)C)cc2)c2ccc(OC(C)(C)C)cc2OC(C)(C)C)cc1. The van der Waals surface area contributed by atoms with E-state index in [4.69, 9.17) is 22.6 Å². The van der Waals surface area contributed by atoms with Gasteiger partial charge in [0.05, 0.1) is 4.90 Å². The van der Waals surface area contributed by atoms with Gasteiger partial charge in [-0.15, -0.1) is 0 Å². The highest BCUT2D eigenvalue weighted by Crippen LogP contribution is 2.73. The molecule has 0 amide bonds. The van der Waals surface area contributed by atoms with Crippen LogP contribution in [-0.2, 0) is 13.7 Å². The predicted octanol–water partition coefficient (Wildman–Crippen LogP) is 10.5.